The molecule has 1 unspecified atom stereocenters. The number of nitrogens with one attached hydrogen (secondary N) is 2. The van der Waals surface area contributed by atoms with Gasteiger partial charge in [0.1, 0.15) is 6.04 Å². The number of carbonyl (C=O) groups excluding carboxylic acids is 5. The molecule has 15 heteroatoms. The summed E-state index contributed by atoms with van der Waals surface area (Å²) in [6.45, 7) is 12.0. The standard InChI is InChI=1S/C45H59N3O11Si/c1-45(2,3)60(34-14-7-4-8-15-34,35-16-9-5-10-17-35)59-33-32-58-31-30-57-29-28-56-27-26-55-25-24-54-23-12-6-11-20-39(49)46-37-19-13-18-36-41(37)44(53)48(43(36)52)38-21-22-40(50)47-42(38)51/h4-5,7-10,13-19,38H,6,11-12,20-33H2,1-3H3,(H,46,49)(H,47,50,51). The van der Waals surface area contributed by atoms with Gasteiger partial charge in [-0.25, -0.2) is 0 Å². The highest BCUT2D eigenvalue weighted by Gasteiger charge is 2.50. The third-order valence-electron chi connectivity index (χ3n) is 10.4. The molecule has 1 fully saturated rings. The summed E-state index contributed by atoms with van der Waals surface area (Å²) in [4.78, 5) is 63.7. The van der Waals surface area contributed by atoms with Crippen LogP contribution in [0.2, 0.25) is 5.04 Å². The van der Waals surface area contributed by atoms with E-state index in [0.29, 0.717) is 79.1 Å². The number of unbranched alkanes of at least 4 members (excludes halogenated alkanes) is 2. The quantitative estimate of drug-likeness (QED) is 0.0674. The smallest absolute Gasteiger partial charge is 0.264 e. The van der Waals surface area contributed by atoms with Gasteiger partial charge in [-0.05, 0) is 46.8 Å². The van der Waals surface area contributed by atoms with Crippen molar-refractivity contribution in [2.24, 2.45) is 0 Å². The summed E-state index contributed by atoms with van der Waals surface area (Å²) < 4.78 is 35.2. The predicted octanol–water partition coefficient (Wildman–Crippen LogP) is 4.25. The fourth-order valence-corrected chi connectivity index (χ4v) is 12.0. The Balaban J connectivity index is 0.831. The molecule has 14 nitrogen and oxygen atoms in total. The normalized spacial score (nSPS) is 15.7. The lowest BCUT2D eigenvalue weighted by molar-refractivity contribution is -0.136. The van der Waals surface area contributed by atoms with E-state index < -0.39 is 38.0 Å². The maximum Gasteiger partial charge on any atom is 0.264 e. The van der Waals surface area contributed by atoms with E-state index in [1.54, 1.807) is 12.1 Å². The van der Waals surface area contributed by atoms with Crippen molar-refractivity contribution in [3.8, 4) is 0 Å². The van der Waals surface area contributed by atoms with Crippen LogP contribution in [0.4, 0.5) is 5.69 Å². The van der Waals surface area contributed by atoms with Gasteiger partial charge in [-0.3, -0.25) is 34.2 Å². The zero-order valence-corrected chi connectivity index (χ0v) is 36.0. The third kappa shape index (κ3) is 12.5. The van der Waals surface area contributed by atoms with E-state index in [-0.39, 0.29) is 47.0 Å². The molecular formula is C45H59N3O11Si. The van der Waals surface area contributed by atoms with Gasteiger partial charge in [0.15, 0.2) is 0 Å². The van der Waals surface area contributed by atoms with E-state index in [1.807, 2.05) is 12.1 Å². The number of amides is 5. The Morgan fingerprint density at radius 3 is 1.73 bits per heavy atom. The molecule has 5 rings (SSSR count). The Morgan fingerprint density at radius 1 is 0.667 bits per heavy atom. The molecule has 0 aliphatic carbocycles. The van der Waals surface area contributed by atoms with Crippen molar-refractivity contribution >= 4 is 53.9 Å². The fourth-order valence-electron chi connectivity index (χ4n) is 7.50. The van der Waals surface area contributed by atoms with Gasteiger partial charge in [0.25, 0.3) is 20.1 Å². The van der Waals surface area contributed by atoms with Crippen molar-refractivity contribution in [2.75, 3.05) is 78.0 Å². The maximum absolute atomic E-state index is 13.2. The number of anilines is 1. The summed E-state index contributed by atoms with van der Waals surface area (Å²) in [5.41, 5.74) is 0.391. The van der Waals surface area contributed by atoms with E-state index in [9.17, 15) is 24.0 Å². The molecule has 0 bridgehead atoms. The molecule has 2 heterocycles. The molecule has 0 saturated carbocycles. The lowest BCUT2D eigenvalue weighted by Gasteiger charge is -2.43. The maximum atomic E-state index is 13.2. The summed E-state index contributed by atoms with van der Waals surface area (Å²) in [6, 6.07) is 24.7. The average molecular weight is 846 g/mol. The van der Waals surface area contributed by atoms with E-state index in [4.69, 9.17) is 28.1 Å². The molecule has 0 spiro atoms. The van der Waals surface area contributed by atoms with Gasteiger partial charge < -0.3 is 33.4 Å². The first kappa shape index (κ1) is 46.5. The highest BCUT2D eigenvalue weighted by molar-refractivity contribution is 6.99. The summed E-state index contributed by atoms with van der Waals surface area (Å²) in [5, 5.41) is 7.34. The lowest BCUT2D eigenvalue weighted by Crippen LogP contribution is -2.66. The number of hydrogen-bond donors (Lipinski definition) is 2. The van der Waals surface area contributed by atoms with Crippen LogP contribution in [0.1, 0.15) is 80.0 Å². The van der Waals surface area contributed by atoms with Crippen molar-refractivity contribution in [3.05, 3.63) is 90.0 Å². The lowest BCUT2D eigenvalue weighted by atomic mass is 10.0. The number of fused-ring (bicyclic) bond motifs is 1. The Kier molecular flexibility index (Phi) is 18.1. The number of benzene rings is 3. The van der Waals surface area contributed by atoms with Crippen LogP contribution in [0.25, 0.3) is 0 Å². The van der Waals surface area contributed by atoms with Crippen molar-refractivity contribution < 1.29 is 52.1 Å². The number of imide groups is 2. The highest BCUT2D eigenvalue weighted by Crippen LogP contribution is 2.37. The van der Waals surface area contributed by atoms with Gasteiger partial charge in [0.05, 0.1) is 82.9 Å². The van der Waals surface area contributed by atoms with E-state index >= 15 is 0 Å². The Bertz CT molecular complexity index is 1830. The minimum Gasteiger partial charge on any atom is -0.405 e. The zero-order chi connectivity index (χ0) is 42.8. The molecule has 2 aliphatic heterocycles. The Hall–Kier alpha value is -4.61. The van der Waals surface area contributed by atoms with Crippen LogP contribution in [0, 0.1) is 0 Å². The minimum atomic E-state index is -2.57. The molecule has 0 radical (unpaired) electrons. The fraction of sp³-hybridized carbons (Fsp3) is 0.489. The molecule has 3 aromatic rings. The first-order valence-corrected chi connectivity index (χ1v) is 22.7. The number of nitrogens with zero attached hydrogens (tertiary/aromatic N) is 1. The van der Waals surface area contributed by atoms with E-state index in [1.165, 1.54) is 16.4 Å². The van der Waals surface area contributed by atoms with E-state index in [2.05, 4.69) is 79.9 Å². The molecule has 3 aromatic carbocycles. The van der Waals surface area contributed by atoms with Crippen LogP contribution in [0.5, 0.6) is 0 Å². The second-order valence-corrected chi connectivity index (χ2v) is 19.9. The molecular weight excluding hydrogens is 787 g/mol. The van der Waals surface area contributed by atoms with Crippen molar-refractivity contribution in [3.63, 3.8) is 0 Å². The molecule has 324 valence electrons. The molecule has 1 saturated heterocycles. The van der Waals surface area contributed by atoms with Gasteiger partial charge in [0, 0.05) is 19.4 Å². The van der Waals surface area contributed by atoms with Crippen LogP contribution in [-0.4, -0.2) is 121 Å². The number of hydrogen-bond acceptors (Lipinski definition) is 11. The molecule has 2 aliphatic rings. The monoisotopic (exact) mass is 845 g/mol. The topological polar surface area (TPSA) is 168 Å². The zero-order valence-electron chi connectivity index (χ0n) is 35.0. The number of ether oxygens (including phenoxy) is 5. The molecule has 2 N–H and O–H groups in total. The molecule has 0 aromatic heterocycles. The average Bonchev–Trinajstić information content (AvgIpc) is 3.49. The Labute approximate surface area is 353 Å². The first-order chi connectivity index (χ1) is 29.0. The molecule has 5 amide bonds. The second-order valence-electron chi connectivity index (χ2n) is 15.6. The van der Waals surface area contributed by atoms with Gasteiger partial charge >= 0.3 is 0 Å². The van der Waals surface area contributed by atoms with Crippen LogP contribution in [0.3, 0.4) is 0 Å². The minimum absolute atomic E-state index is 0.0299. The van der Waals surface area contributed by atoms with Gasteiger partial charge in [-0.1, -0.05) is 93.9 Å². The SMILES string of the molecule is CC(C)(C)[Si](OCCOCCOCCOCCOCCOCCCCCC(=O)Nc1cccc2c1C(=O)N(C1CCC(=O)NC1=O)C2=O)(c1ccccc1)c1ccccc1. The summed E-state index contributed by atoms with van der Waals surface area (Å²) in [6.07, 6.45) is 2.46. The molecule has 1 atom stereocenters. The first-order valence-electron chi connectivity index (χ1n) is 20.8. The third-order valence-corrected chi connectivity index (χ3v) is 15.4. The second kappa shape index (κ2) is 23.4. The van der Waals surface area contributed by atoms with Crippen LogP contribution in [-0.2, 0) is 42.5 Å². The van der Waals surface area contributed by atoms with Crippen LogP contribution < -0.4 is 21.0 Å². The van der Waals surface area contributed by atoms with Crippen molar-refractivity contribution in [1.29, 1.82) is 0 Å². The van der Waals surface area contributed by atoms with Crippen LogP contribution >= 0.6 is 0 Å². The largest absolute Gasteiger partial charge is 0.405 e. The molecule has 60 heavy (non-hydrogen) atoms. The summed E-state index contributed by atoms with van der Waals surface area (Å²) in [7, 11) is -2.57. The Morgan fingerprint density at radius 2 is 1.20 bits per heavy atom. The highest BCUT2D eigenvalue weighted by atomic mass is 28.4. The van der Waals surface area contributed by atoms with Crippen LogP contribution in [0.15, 0.2) is 78.9 Å². The van der Waals surface area contributed by atoms with Crippen molar-refractivity contribution in [1.82, 2.24) is 10.2 Å². The van der Waals surface area contributed by atoms with E-state index in [0.717, 1.165) is 17.7 Å². The van der Waals surface area contributed by atoms with Gasteiger partial charge in [0.2, 0.25) is 17.7 Å². The number of rotatable bonds is 26. The predicted molar refractivity (Wildman–Crippen MR) is 228 cm³/mol. The summed E-state index contributed by atoms with van der Waals surface area (Å²) >= 11 is 0. The van der Waals surface area contributed by atoms with Gasteiger partial charge in [-0.15, -0.1) is 0 Å². The van der Waals surface area contributed by atoms with Crippen molar-refractivity contribution in [2.45, 2.75) is 70.4 Å². The number of piperidine rings is 1. The summed E-state index contributed by atoms with van der Waals surface area (Å²) in [5.74, 6) is -2.70. The van der Waals surface area contributed by atoms with Gasteiger partial charge in [-0.2, -0.15) is 0 Å². The number of carbonyl (C=O) groups is 5.